The maximum Gasteiger partial charge on any atom is 0.358 e. The molecule has 0 amide bonds. The molecule has 0 unspecified atom stereocenters. The summed E-state index contributed by atoms with van der Waals surface area (Å²) >= 11 is 0. The average molecular weight is 396 g/mol. The number of benzene rings is 2. The first-order chi connectivity index (χ1) is 14.0. The summed E-state index contributed by atoms with van der Waals surface area (Å²) in [6.45, 7) is 2.10. The smallest absolute Gasteiger partial charge is 0.358 e. The van der Waals surface area contributed by atoms with Gasteiger partial charge in [0.25, 0.3) is 0 Å². The Morgan fingerprint density at radius 3 is 2.48 bits per heavy atom. The third-order valence-electron chi connectivity index (χ3n) is 4.96. The molecule has 7 heteroatoms. The van der Waals surface area contributed by atoms with Gasteiger partial charge < -0.3 is 19.5 Å². The van der Waals surface area contributed by atoms with E-state index in [0.717, 1.165) is 17.9 Å². The third kappa shape index (κ3) is 4.93. The van der Waals surface area contributed by atoms with E-state index in [0.29, 0.717) is 23.0 Å². The Morgan fingerprint density at radius 1 is 1.10 bits per heavy atom. The second-order valence-electron chi connectivity index (χ2n) is 6.81. The zero-order valence-corrected chi connectivity index (χ0v) is 16.7. The number of aliphatic carboxylic acids is 1. The summed E-state index contributed by atoms with van der Waals surface area (Å²) in [7, 11) is 2.96. The highest BCUT2D eigenvalue weighted by Crippen LogP contribution is 2.48. The molecule has 3 rings (SSSR count). The molecule has 1 aliphatic rings. The van der Waals surface area contributed by atoms with E-state index >= 15 is 0 Å². The molecular formula is C22H24N2O5. The monoisotopic (exact) mass is 396 g/mol. The Bertz CT molecular complexity index is 921. The Hall–Kier alpha value is -3.35. The molecule has 1 fully saturated rings. The van der Waals surface area contributed by atoms with Crippen LogP contribution in [0.3, 0.4) is 0 Å². The van der Waals surface area contributed by atoms with Gasteiger partial charge in [-0.15, -0.1) is 0 Å². The summed E-state index contributed by atoms with van der Waals surface area (Å²) in [5, 5.41) is 17.2. The number of hydrogen-bond acceptors (Lipinski definition) is 6. The number of carbonyl (C=O) groups is 1. The van der Waals surface area contributed by atoms with E-state index < -0.39 is 5.97 Å². The minimum Gasteiger partial charge on any atom is -0.497 e. The van der Waals surface area contributed by atoms with Crippen molar-refractivity contribution >= 4 is 17.4 Å². The minimum atomic E-state index is -1.17. The van der Waals surface area contributed by atoms with Crippen molar-refractivity contribution in [3.63, 3.8) is 0 Å². The standard InChI is InChI=1S/C22H24N2O5/c1-14(19-12-20(19)15-8-10-17(27-2)11-9-15)23-29-13-16-6-4-5-7-18(16)21(22(25)26)24-28-3/h4-11,19-20H,12-13H2,1-3H3,(H,25,26)/t19-,20-/m0/s1. The van der Waals surface area contributed by atoms with Crippen LogP contribution in [-0.4, -0.2) is 36.7 Å². The van der Waals surface area contributed by atoms with Crippen molar-refractivity contribution in [1.29, 1.82) is 0 Å². The molecule has 0 aliphatic heterocycles. The molecule has 7 nitrogen and oxygen atoms in total. The molecule has 0 bridgehead atoms. The van der Waals surface area contributed by atoms with Crippen molar-refractivity contribution < 1.29 is 24.3 Å². The second kappa shape index (κ2) is 9.23. The van der Waals surface area contributed by atoms with Crippen molar-refractivity contribution in [3.05, 3.63) is 65.2 Å². The Kier molecular flexibility index (Phi) is 6.49. The number of rotatable bonds is 9. The molecule has 1 aliphatic carbocycles. The first kappa shape index (κ1) is 20.4. The van der Waals surface area contributed by atoms with Gasteiger partial charge in [-0.1, -0.05) is 46.7 Å². The lowest BCUT2D eigenvalue weighted by Crippen LogP contribution is -2.17. The Labute approximate surface area is 169 Å². The van der Waals surface area contributed by atoms with Crippen LogP contribution in [-0.2, 0) is 21.1 Å². The van der Waals surface area contributed by atoms with Crippen LogP contribution >= 0.6 is 0 Å². The predicted molar refractivity (Wildman–Crippen MR) is 109 cm³/mol. The molecule has 29 heavy (non-hydrogen) atoms. The van der Waals surface area contributed by atoms with Crippen molar-refractivity contribution in [3.8, 4) is 5.75 Å². The van der Waals surface area contributed by atoms with E-state index in [1.165, 1.54) is 12.7 Å². The van der Waals surface area contributed by atoms with Crippen molar-refractivity contribution in [1.82, 2.24) is 0 Å². The molecule has 2 aromatic rings. The van der Waals surface area contributed by atoms with Crippen LogP contribution in [0.1, 0.15) is 36.0 Å². The zero-order valence-electron chi connectivity index (χ0n) is 16.7. The van der Waals surface area contributed by atoms with Gasteiger partial charge in [0.1, 0.15) is 19.5 Å². The average Bonchev–Trinajstić information content (AvgIpc) is 3.53. The number of oxime groups is 2. The zero-order chi connectivity index (χ0) is 20.8. The molecule has 1 N–H and O–H groups in total. The van der Waals surface area contributed by atoms with Gasteiger partial charge >= 0.3 is 5.97 Å². The van der Waals surface area contributed by atoms with E-state index in [-0.39, 0.29) is 12.3 Å². The number of ether oxygens (including phenoxy) is 1. The SMILES string of the molecule is CON=C(C(=O)O)c1ccccc1CON=C(C)[C@@H]1C[C@H]1c1ccc(OC)cc1. The summed E-state index contributed by atoms with van der Waals surface area (Å²) in [4.78, 5) is 21.6. The second-order valence-corrected chi connectivity index (χ2v) is 6.81. The normalized spacial score (nSPS) is 18.9. The van der Waals surface area contributed by atoms with Crippen LogP contribution in [0.2, 0.25) is 0 Å². The van der Waals surface area contributed by atoms with Crippen LogP contribution in [0.4, 0.5) is 0 Å². The lowest BCUT2D eigenvalue weighted by Gasteiger charge is -2.08. The van der Waals surface area contributed by atoms with E-state index in [4.69, 9.17) is 9.57 Å². The number of nitrogens with zero attached hydrogens (tertiary/aromatic N) is 2. The first-order valence-electron chi connectivity index (χ1n) is 9.28. The molecule has 0 radical (unpaired) electrons. The largest absolute Gasteiger partial charge is 0.497 e. The van der Waals surface area contributed by atoms with E-state index in [1.54, 1.807) is 25.3 Å². The van der Waals surface area contributed by atoms with Gasteiger partial charge in [0, 0.05) is 17.0 Å². The van der Waals surface area contributed by atoms with Crippen LogP contribution in [0.25, 0.3) is 0 Å². The van der Waals surface area contributed by atoms with Crippen LogP contribution in [0.15, 0.2) is 58.8 Å². The molecule has 0 heterocycles. The maximum absolute atomic E-state index is 11.4. The van der Waals surface area contributed by atoms with Gasteiger partial charge in [0.05, 0.1) is 12.8 Å². The summed E-state index contributed by atoms with van der Waals surface area (Å²) in [6, 6.07) is 15.1. The Morgan fingerprint density at radius 2 is 1.83 bits per heavy atom. The van der Waals surface area contributed by atoms with Crippen molar-refractivity contribution in [2.45, 2.75) is 25.9 Å². The molecule has 0 saturated heterocycles. The van der Waals surface area contributed by atoms with E-state index in [2.05, 4.69) is 27.3 Å². The van der Waals surface area contributed by atoms with Crippen LogP contribution in [0.5, 0.6) is 5.75 Å². The van der Waals surface area contributed by atoms with E-state index in [9.17, 15) is 9.90 Å². The molecule has 2 atom stereocenters. The summed E-state index contributed by atoms with van der Waals surface area (Å²) in [6.07, 6.45) is 1.03. The minimum absolute atomic E-state index is 0.142. The van der Waals surface area contributed by atoms with Gasteiger partial charge in [-0.25, -0.2) is 4.79 Å². The summed E-state index contributed by atoms with van der Waals surface area (Å²) < 4.78 is 5.20. The molecular weight excluding hydrogens is 372 g/mol. The fraction of sp³-hybridized carbons (Fsp3) is 0.318. The third-order valence-corrected chi connectivity index (χ3v) is 4.96. The lowest BCUT2D eigenvalue weighted by molar-refractivity contribution is -0.129. The topological polar surface area (TPSA) is 89.7 Å². The fourth-order valence-corrected chi connectivity index (χ4v) is 3.32. The lowest BCUT2D eigenvalue weighted by atomic mass is 10.0. The van der Waals surface area contributed by atoms with Gasteiger partial charge in [-0.3, -0.25) is 0 Å². The molecule has 2 aromatic carbocycles. The highest BCUT2D eigenvalue weighted by molar-refractivity contribution is 6.42. The summed E-state index contributed by atoms with van der Waals surface area (Å²) in [5.74, 6) is 0.464. The van der Waals surface area contributed by atoms with Crippen molar-refractivity contribution in [2.24, 2.45) is 16.2 Å². The molecule has 152 valence electrons. The molecule has 0 spiro atoms. The predicted octanol–water partition coefficient (Wildman–Crippen LogP) is 3.83. The number of hydrogen-bond donors (Lipinski definition) is 1. The van der Waals surface area contributed by atoms with Crippen LogP contribution < -0.4 is 4.74 Å². The number of methoxy groups -OCH3 is 1. The van der Waals surface area contributed by atoms with E-state index in [1.807, 2.05) is 25.1 Å². The maximum atomic E-state index is 11.4. The molecule has 1 saturated carbocycles. The van der Waals surface area contributed by atoms with Gasteiger partial charge in [0.2, 0.25) is 0 Å². The van der Waals surface area contributed by atoms with Gasteiger partial charge in [0.15, 0.2) is 5.71 Å². The number of carboxylic acids is 1. The van der Waals surface area contributed by atoms with Gasteiger partial charge in [-0.2, -0.15) is 0 Å². The highest BCUT2D eigenvalue weighted by atomic mass is 16.6. The number of carboxylic acid groups (broad SMARTS) is 1. The van der Waals surface area contributed by atoms with Crippen LogP contribution in [0, 0.1) is 5.92 Å². The fourth-order valence-electron chi connectivity index (χ4n) is 3.32. The summed E-state index contributed by atoms with van der Waals surface area (Å²) in [5.41, 5.74) is 3.13. The quantitative estimate of drug-likeness (QED) is 0.514. The molecule has 0 aromatic heterocycles. The Balaban J connectivity index is 1.63. The highest BCUT2D eigenvalue weighted by Gasteiger charge is 2.40. The van der Waals surface area contributed by atoms with Gasteiger partial charge in [-0.05, 0) is 37.0 Å². The first-order valence-corrected chi connectivity index (χ1v) is 9.28. The van der Waals surface area contributed by atoms with Crippen molar-refractivity contribution in [2.75, 3.05) is 14.2 Å².